The molecule has 1 aliphatic rings. The second-order valence-electron chi connectivity index (χ2n) is 7.61. The highest BCUT2D eigenvalue weighted by Gasteiger charge is 2.21. The second kappa shape index (κ2) is 8.40. The van der Waals surface area contributed by atoms with Crippen molar-refractivity contribution in [1.82, 2.24) is 4.98 Å². The molecular formula is C24H24N2O3S. The largest absolute Gasteiger partial charge is 0.456 e. The number of ether oxygens (including phenoxy) is 1. The Morgan fingerprint density at radius 2 is 1.93 bits per heavy atom. The third kappa shape index (κ3) is 4.00. The minimum Gasteiger partial charge on any atom is -0.456 e. The van der Waals surface area contributed by atoms with Crippen molar-refractivity contribution in [3.05, 3.63) is 75.3 Å². The molecule has 3 aromatic rings. The first-order valence-electron chi connectivity index (χ1n) is 10.0. The van der Waals surface area contributed by atoms with E-state index < -0.39 is 0 Å². The Balaban J connectivity index is 1.48. The maximum Gasteiger partial charge on any atom is 0.338 e. The number of hydrogen-bond acceptors (Lipinski definition) is 5. The Labute approximate surface area is 180 Å². The summed E-state index contributed by atoms with van der Waals surface area (Å²) in [6, 6.07) is 11.7. The summed E-state index contributed by atoms with van der Waals surface area (Å²) >= 11 is 1.36. The van der Waals surface area contributed by atoms with Gasteiger partial charge in [-0.25, -0.2) is 9.78 Å². The summed E-state index contributed by atoms with van der Waals surface area (Å²) in [7, 11) is 0. The molecule has 0 spiro atoms. The Morgan fingerprint density at radius 3 is 2.73 bits per heavy atom. The van der Waals surface area contributed by atoms with E-state index in [1.54, 1.807) is 4.90 Å². The smallest absolute Gasteiger partial charge is 0.338 e. The van der Waals surface area contributed by atoms with E-state index in [0.29, 0.717) is 16.4 Å². The summed E-state index contributed by atoms with van der Waals surface area (Å²) in [5, 5.41) is 2.40. The van der Waals surface area contributed by atoms with Crippen molar-refractivity contribution >= 4 is 34.0 Å². The monoisotopic (exact) mass is 420 g/mol. The van der Waals surface area contributed by atoms with Crippen LogP contribution in [0.25, 0.3) is 0 Å². The highest BCUT2D eigenvalue weighted by Crippen LogP contribution is 2.32. The molecule has 0 unspecified atom stereocenters. The number of rotatable bonds is 5. The summed E-state index contributed by atoms with van der Waals surface area (Å²) in [6.07, 6.45) is 3.24. The molecule has 30 heavy (non-hydrogen) atoms. The van der Waals surface area contributed by atoms with Gasteiger partial charge in [0.15, 0.2) is 5.13 Å². The van der Waals surface area contributed by atoms with E-state index in [-0.39, 0.29) is 18.5 Å². The molecule has 4 rings (SSSR count). The molecular weight excluding hydrogens is 396 g/mol. The van der Waals surface area contributed by atoms with E-state index in [9.17, 15) is 9.59 Å². The van der Waals surface area contributed by atoms with E-state index >= 15 is 0 Å². The molecule has 0 fully saturated rings. The van der Waals surface area contributed by atoms with Crippen molar-refractivity contribution in [1.29, 1.82) is 0 Å². The molecule has 1 heterocycles. The third-order valence-corrected chi connectivity index (χ3v) is 6.42. The van der Waals surface area contributed by atoms with Crippen LogP contribution in [-0.4, -0.2) is 16.9 Å². The number of amides is 1. The first kappa shape index (κ1) is 20.3. The van der Waals surface area contributed by atoms with Gasteiger partial charge in [-0.05, 0) is 73.6 Å². The Bertz CT molecular complexity index is 1120. The van der Waals surface area contributed by atoms with Gasteiger partial charge in [0, 0.05) is 12.3 Å². The molecule has 0 saturated carbocycles. The minimum atomic E-state index is -0.350. The average Bonchev–Trinajstić information content (AvgIpc) is 3.38. The van der Waals surface area contributed by atoms with Crippen molar-refractivity contribution in [2.45, 2.75) is 46.6 Å². The van der Waals surface area contributed by atoms with Gasteiger partial charge < -0.3 is 4.74 Å². The van der Waals surface area contributed by atoms with Crippen LogP contribution in [0.4, 0.5) is 10.8 Å². The van der Waals surface area contributed by atoms with Gasteiger partial charge in [0.05, 0.1) is 16.9 Å². The molecule has 1 amide bonds. The van der Waals surface area contributed by atoms with E-state index in [0.717, 1.165) is 36.1 Å². The number of nitrogens with zero attached hydrogens (tertiary/aromatic N) is 2. The van der Waals surface area contributed by atoms with Crippen molar-refractivity contribution in [3.63, 3.8) is 0 Å². The summed E-state index contributed by atoms with van der Waals surface area (Å²) in [5.74, 6) is -0.461. The van der Waals surface area contributed by atoms with E-state index in [2.05, 4.69) is 4.98 Å². The van der Waals surface area contributed by atoms with Crippen molar-refractivity contribution in [3.8, 4) is 0 Å². The van der Waals surface area contributed by atoms with Gasteiger partial charge in [-0.1, -0.05) is 18.2 Å². The van der Waals surface area contributed by atoms with Crippen LogP contribution in [0.2, 0.25) is 0 Å². The maximum atomic E-state index is 12.5. The van der Waals surface area contributed by atoms with E-state index in [4.69, 9.17) is 4.74 Å². The molecule has 0 aliphatic heterocycles. The third-order valence-electron chi connectivity index (χ3n) is 5.55. The Hall–Kier alpha value is -2.99. The normalized spacial score (nSPS) is 12.5. The number of carbonyl (C=O) groups excluding carboxylic acids is 2. The molecule has 0 N–H and O–H groups in total. The molecule has 2 aromatic carbocycles. The van der Waals surface area contributed by atoms with Crippen LogP contribution in [0.1, 0.15) is 51.7 Å². The topological polar surface area (TPSA) is 59.5 Å². The number of aromatic nitrogens is 1. The lowest BCUT2D eigenvalue weighted by molar-refractivity contribution is -0.115. The van der Waals surface area contributed by atoms with Crippen LogP contribution >= 0.6 is 11.3 Å². The van der Waals surface area contributed by atoms with Gasteiger partial charge in [-0.3, -0.25) is 9.69 Å². The fourth-order valence-electron chi connectivity index (χ4n) is 3.77. The number of fused-ring (bicyclic) bond motifs is 1. The van der Waals surface area contributed by atoms with Gasteiger partial charge in [0.1, 0.15) is 6.61 Å². The van der Waals surface area contributed by atoms with Crippen molar-refractivity contribution in [2.24, 2.45) is 0 Å². The zero-order valence-electron chi connectivity index (χ0n) is 17.4. The van der Waals surface area contributed by atoms with Crippen LogP contribution < -0.4 is 4.90 Å². The molecule has 154 valence electrons. The number of anilines is 2. The summed E-state index contributed by atoms with van der Waals surface area (Å²) in [6.45, 7) is 5.61. The number of aryl methyl sites for hydroxylation is 3. The van der Waals surface area contributed by atoms with E-state index in [1.807, 2.05) is 55.6 Å². The maximum absolute atomic E-state index is 12.5. The Kier molecular flexibility index (Phi) is 5.68. The predicted molar refractivity (Wildman–Crippen MR) is 118 cm³/mol. The number of benzene rings is 2. The predicted octanol–water partition coefficient (Wildman–Crippen LogP) is 5.29. The highest BCUT2D eigenvalue weighted by atomic mass is 32.1. The van der Waals surface area contributed by atoms with Crippen LogP contribution in [0.5, 0.6) is 0 Å². The first-order chi connectivity index (χ1) is 14.4. The van der Waals surface area contributed by atoms with Gasteiger partial charge in [-0.2, -0.15) is 0 Å². The molecule has 5 nitrogen and oxygen atoms in total. The lowest BCUT2D eigenvalue weighted by atomic mass is 10.1. The molecule has 0 atom stereocenters. The number of hydrogen-bond donors (Lipinski definition) is 0. The zero-order chi connectivity index (χ0) is 21.3. The number of esters is 1. The standard InChI is InChI=1S/C24H24N2O3S/c1-15-6-4-9-22(16(15)2)26(17(3)27)24-25-21(14-30-24)13-29-23(28)20-11-10-18-7-5-8-19(18)12-20/h4,6,9-12,14H,5,7-8,13H2,1-3H3. The van der Waals surface area contributed by atoms with Gasteiger partial charge in [-0.15, -0.1) is 11.3 Å². The summed E-state index contributed by atoms with van der Waals surface area (Å²) < 4.78 is 5.48. The lowest BCUT2D eigenvalue weighted by Crippen LogP contribution is -2.23. The lowest BCUT2D eigenvalue weighted by Gasteiger charge is -2.21. The van der Waals surface area contributed by atoms with Crippen LogP contribution in [0.3, 0.4) is 0 Å². The second-order valence-corrected chi connectivity index (χ2v) is 8.44. The summed E-state index contributed by atoms with van der Waals surface area (Å²) in [5.41, 5.74) is 6.73. The Morgan fingerprint density at radius 1 is 1.13 bits per heavy atom. The van der Waals surface area contributed by atoms with Gasteiger partial charge >= 0.3 is 5.97 Å². The molecule has 1 aromatic heterocycles. The van der Waals surface area contributed by atoms with Gasteiger partial charge in [0.25, 0.3) is 0 Å². The van der Waals surface area contributed by atoms with E-state index in [1.165, 1.54) is 29.4 Å². The van der Waals surface area contributed by atoms with Crippen molar-refractivity contribution in [2.75, 3.05) is 4.90 Å². The fraction of sp³-hybridized carbons (Fsp3) is 0.292. The van der Waals surface area contributed by atoms with Crippen LogP contribution in [0.15, 0.2) is 41.8 Å². The van der Waals surface area contributed by atoms with Gasteiger partial charge in [0.2, 0.25) is 5.91 Å². The summed E-state index contributed by atoms with van der Waals surface area (Å²) in [4.78, 5) is 31.0. The fourth-order valence-corrected chi connectivity index (χ4v) is 4.64. The average molecular weight is 421 g/mol. The van der Waals surface area contributed by atoms with Crippen molar-refractivity contribution < 1.29 is 14.3 Å². The molecule has 0 radical (unpaired) electrons. The highest BCUT2D eigenvalue weighted by molar-refractivity contribution is 7.14. The van der Waals surface area contributed by atoms with Crippen LogP contribution in [0, 0.1) is 13.8 Å². The first-order valence-corrected chi connectivity index (χ1v) is 10.9. The number of thiazole rings is 1. The quantitative estimate of drug-likeness (QED) is 0.526. The molecule has 0 bridgehead atoms. The number of carbonyl (C=O) groups is 2. The van der Waals surface area contributed by atoms with Crippen LogP contribution in [-0.2, 0) is 29.0 Å². The molecule has 0 saturated heterocycles. The molecule has 6 heteroatoms. The minimum absolute atomic E-state index is 0.0744. The molecule has 1 aliphatic carbocycles. The SMILES string of the molecule is CC(=O)N(c1nc(COC(=O)c2ccc3c(c2)CCC3)cs1)c1cccc(C)c1C. The zero-order valence-corrected chi connectivity index (χ0v) is 18.2.